The van der Waals surface area contributed by atoms with E-state index in [2.05, 4.69) is 5.32 Å². The van der Waals surface area contributed by atoms with Crippen LogP contribution in [0.5, 0.6) is 0 Å². The van der Waals surface area contributed by atoms with Crippen LogP contribution >= 0.6 is 11.6 Å². The zero-order chi connectivity index (χ0) is 10.1. The van der Waals surface area contributed by atoms with Gasteiger partial charge in [-0.25, -0.2) is 4.39 Å². The van der Waals surface area contributed by atoms with E-state index in [0.717, 1.165) is 18.7 Å². The Morgan fingerprint density at radius 2 is 2.21 bits per heavy atom. The Balaban J connectivity index is 2.28. The van der Waals surface area contributed by atoms with Crippen LogP contribution in [0.2, 0.25) is 5.02 Å². The lowest BCUT2D eigenvalue weighted by atomic mass is 9.95. The Morgan fingerprint density at radius 1 is 1.43 bits per heavy atom. The van der Waals surface area contributed by atoms with Crippen LogP contribution in [-0.4, -0.2) is 19.1 Å². The van der Waals surface area contributed by atoms with E-state index in [0.29, 0.717) is 0 Å². The molecule has 1 aromatic rings. The van der Waals surface area contributed by atoms with Crippen molar-refractivity contribution in [3.05, 3.63) is 34.6 Å². The minimum absolute atomic E-state index is 0.0653. The molecule has 2 nitrogen and oxygen atoms in total. The lowest BCUT2D eigenvalue weighted by Crippen LogP contribution is -2.27. The zero-order valence-corrected chi connectivity index (χ0v) is 8.39. The monoisotopic (exact) mass is 214 g/mol. The number of nitrogens with two attached hydrogens (primary N) is 1. The third kappa shape index (κ3) is 1.75. The Morgan fingerprint density at radius 3 is 2.79 bits per heavy atom. The average molecular weight is 215 g/mol. The summed E-state index contributed by atoms with van der Waals surface area (Å²) < 4.78 is 13.2. The molecule has 1 heterocycles. The van der Waals surface area contributed by atoms with Gasteiger partial charge in [-0.05, 0) is 17.7 Å². The first-order valence-corrected chi connectivity index (χ1v) is 4.97. The predicted octanol–water partition coefficient (Wildman–Crippen LogP) is 1.49. The van der Waals surface area contributed by atoms with Gasteiger partial charge in [0.1, 0.15) is 5.82 Å². The highest BCUT2D eigenvalue weighted by molar-refractivity contribution is 6.30. The third-order valence-electron chi connectivity index (χ3n) is 2.63. The minimum atomic E-state index is -0.372. The molecule has 1 aliphatic heterocycles. The van der Waals surface area contributed by atoms with Gasteiger partial charge in [-0.15, -0.1) is 0 Å². The Bertz CT molecular complexity index is 343. The van der Waals surface area contributed by atoms with Gasteiger partial charge in [-0.2, -0.15) is 0 Å². The minimum Gasteiger partial charge on any atom is -0.326 e. The number of halogens is 2. The molecule has 14 heavy (non-hydrogen) atoms. The molecular formula is C10H12ClFN2. The number of hydrogen-bond acceptors (Lipinski definition) is 2. The summed E-state index contributed by atoms with van der Waals surface area (Å²) in [5, 5.41) is 3.33. The predicted molar refractivity (Wildman–Crippen MR) is 55.0 cm³/mol. The maximum Gasteiger partial charge on any atom is 0.142 e. The van der Waals surface area contributed by atoms with Crippen LogP contribution in [0.4, 0.5) is 4.39 Å². The highest BCUT2D eigenvalue weighted by Crippen LogP contribution is 2.25. The summed E-state index contributed by atoms with van der Waals surface area (Å²) in [6, 6.07) is 4.95. The molecule has 1 fully saturated rings. The molecule has 0 spiro atoms. The molecule has 1 aromatic carbocycles. The molecule has 76 valence electrons. The van der Waals surface area contributed by atoms with Crippen LogP contribution in [0.25, 0.3) is 0 Å². The van der Waals surface area contributed by atoms with Gasteiger partial charge in [-0.1, -0.05) is 17.7 Å². The molecule has 0 bridgehead atoms. The van der Waals surface area contributed by atoms with Gasteiger partial charge in [0, 0.05) is 25.0 Å². The summed E-state index contributed by atoms with van der Waals surface area (Å²) in [4.78, 5) is 0. The molecule has 2 atom stereocenters. The Kier molecular flexibility index (Phi) is 2.72. The van der Waals surface area contributed by atoms with Gasteiger partial charge in [0.15, 0.2) is 0 Å². The van der Waals surface area contributed by atoms with E-state index >= 15 is 0 Å². The Hall–Kier alpha value is -0.640. The summed E-state index contributed by atoms with van der Waals surface area (Å²) >= 11 is 5.60. The van der Waals surface area contributed by atoms with Crippen LogP contribution in [0.15, 0.2) is 18.2 Å². The molecule has 0 saturated carbocycles. The first-order chi connectivity index (χ1) is 6.68. The summed E-state index contributed by atoms with van der Waals surface area (Å²) in [5.74, 6) is -0.176. The van der Waals surface area contributed by atoms with Crippen molar-refractivity contribution in [2.75, 3.05) is 13.1 Å². The van der Waals surface area contributed by atoms with Crippen molar-refractivity contribution in [2.24, 2.45) is 5.73 Å². The van der Waals surface area contributed by atoms with Gasteiger partial charge >= 0.3 is 0 Å². The zero-order valence-electron chi connectivity index (χ0n) is 7.63. The SMILES string of the molecule is N[C@@H]1CNC[C@H]1c1ccc(Cl)c(F)c1. The van der Waals surface area contributed by atoms with Crippen LogP contribution in [-0.2, 0) is 0 Å². The van der Waals surface area contributed by atoms with E-state index in [9.17, 15) is 4.39 Å². The van der Waals surface area contributed by atoms with E-state index in [1.165, 1.54) is 6.07 Å². The quantitative estimate of drug-likeness (QED) is 0.744. The van der Waals surface area contributed by atoms with Crippen molar-refractivity contribution in [2.45, 2.75) is 12.0 Å². The normalized spacial score (nSPS) is 26.8. The van der Waals surface area contributed by atoms with Gasteiger partial charge in [-0.3, -0.25) is 0 Å². The number of rotatable bonds is 1. The van der Waals surface area contributed by atoms with Crippen LogP contribution in [0.1, 0.15) is 11.5 Å². The number of hydrogen-bond donors (Lipinski definition) is 2. The first kappa shape index (κ1) is 9.90. The second-order valence-electron chi connectivity index (χ2n) is 3.60. The van der Waals surface area contributed by atoms with Crippen molar-refractivity contribution in [1.82, 2.24) is 5.32 Å². The second kappa shape index (κ2) is 3.85. The Labute approximate surface area is 87.2 Å². The fourth-order valence-electron chi connectivity index (χ4n) is 1.81. The summed E-state index contributed by atoms with van der Waals surface area (Å²) in [7, 11) is 0. The van der Waals surface area contributed by atoms with Crippen molar-refractivity contribution in [3.8, 4) is 0 Å². The molecular weight excluding hydrogens is 203 g/mol. The van der Waals surface area contributed by atoms with E-state index < -0.39 is 0 Å². The number of nitrogens with one attached hydrogen (secondary N) is 1. The molecule has 0 radical (unpaired) electrons. The topological polar surface area (TPSA) is 38.0 Å². The molecule has 0 aliphatic carbocycles. The highest BCUT2D eigenvalue weighted by Gasteiger charge is 2.25. The van der Waals surface area contributed by atoms with Gasteiger partial charge < -0.3 is 11.1 Å². The van der Waals surface area contributed by atoms with Crippen molar-refractivity contribution < 1.29 is 4.39 Å². The maximum absolute atomic E-state index is 13.2. The molecule has 3 N–H and O–H groups in total. The van der Waals surface area contributed by atoms with Gasteiger partial charge in [0.2, 0.25) is 0 Å². The molecule has 0 amide bonds. The fourth-order valence-corrected chi connectivity index (χ4v) is 1.92. The van der Waals surface area contributed by atoms with Crippen molar-refractivity contribution >= 4 is 11.6 Å². The maximum atomic E-state index is 13.2. The van der Waals surface area contributed by atoms with Crippen LogP contribution in [0.3, 0.4) is 0 Å². The lowest BCUT2D eigenvalue weighted by Gasteiger charge is -2.14. The second-order valence-corrected chi connectivity index (χ2v) is 4.01. The molecule has 0 aromatic heterocycles. The number of benzene rings is 1. The van der Waals surface area contributed by atoms with E-state index in [1.807, 2.05) is 6.07 Å². The standard InChI is InChI=1S/C10H12ClFN2/c11-8-2-1-6(3-9(8)12)7-4-14-5-10(7)13/h1-3,7,10,14H,4-5,13H2/t7-,10+/m0/s1. The smallest absolute Gasteiger partial charge is 0.142 e. The van der Waals surface area contributed by atoms with Crippen molar-refractivity contribution in [3.63, 3.8) is 0 Å². The van der Waals surface area contributed by atoms with Crippen LogP contribution < -0.4 is 11.1 Å². The van der Waals surface area contributed by atoms with Crippen LogP contribution in [0, 0.1) is 5.82 Å². The molecule has 4 heteroatoms. The fraction of sp³-hybridized carbons (Fsp3) is 0.400. The van der Waals surface area contributed by atoms with E-state index in [-0.39, 0.29) is 22.8 Å². The van der Waals surface area contributed by atoms with E-state index in [1.54, 1.807) is 6.07 Å². The lowest BCUT2D eigenvalue weighted by molar-refractivity contribution is 0.611. The highest BCUT2D eigenvalue weighted by atomic mass is 35.5. The van der Waals surface area contributed by atoms with Gasteiger partial charge in [0.05, 0.1) is 5.02 Å². The summed E-state index contributed by atoms with van der Waals surface area (Å²) in [6.07, 6.45) is 0. The van der Waals surface area contributed by atoms with E-state index in [4.69, 9.17) is 17.3 Å². The molecule has 0 unspecified atom stereocenters. The largest absolute Gasteiger partial charge is 0.326 e. The molecule has 2 rings (SSSR count). The molecule has 1 saturated heterocycles. The summed E-state index contributed by atoms with van der Waals surface area (Å²) in [5.41, 5.74) is 6.80. The van der Waals surface area contributed by atoms with Gasteiger partial charge in [0.25, 0.3) is 0 Å². The van der Waals surface area contributed by atoms with Crippen molar-refractivity contribution in [1.29, 1.82) is 0 Å². The first-order valence-electron chi connectivity index (χ1n) is 4.59. The average Bonchev–Trinajstić information content (AvgIpc) is 2.57. The molecule has 1 aliphatic rings. The summed E-state index contributed by atoms with van der Waals surface area (Å²) in [6.45, 7) is 1.59. The third-order valence-corrected chi connectivity index (χ3v) is 2.94.